The van der Waals surface area contributed by atoms with E-state index < -0.39 is 65.5 Å². The monoisotopic (exact) mass is 577 g/mol. The number of aromatic nitrogens is 4. The molecule has 0 spiro atoms. The third kappa shape index (κ3) is 6.30. The molecule has 3 aromatic rings. The van der Waals surface area contributed by atoms with Crippen molar-refractivity contribution in [1.82, 2.24) is 29.0 Å². The van der Waals surface area contributed by atoms with Crippen LogP contribution in [0.3, 0.4) is 0 Å². The molecule has 1 aromatic carbocycles. The number of aliphatic hydroxyl groups excluding tert-OH is 2. The van der Waals surface area contributed by atoms with Crippen LogP contribution in [0.25, 0.3) is 11.2 Å². The summed E-state index contributed by atoms with van der Waals surface area (Å²) in [6.07, 6.45) is -2.58. The van der Waals surface area contributed by atoms with Crippen LogP contribution in [0.1, 0.15) is 33.4 Å². The molecule has 2 aromatic heterocycles. The molecule has 1 unspecified atom stereocenters. The van der Waals surface area contributed by atoms with Gasteiger partial charge in [-0.1, -0.05) is 12.1 Å². The zero-order valence-electron chi connectivity index (χ0n) is 21.1. The van der Waals surface area contributed by atoms with Crippen LogP contribution in [-0.2, 0) is 24.5 Å². The number of carbonyl (C=O) groups is 3. The molecule has 40 heavy (non-hydrogen) atoms. The number of esters is 1. The SMILES string of the molecule is COC(=O)c1cccc(C(=O)CC(C=O)CNS(=O)(=O)NC[C@H]2O[C@@H](n3cnc4c(N)ncnc43)[C@H](O)[C@@H]2O)c1. The second-order valence-corrected chi connectivity index (χ2v) is 10.5. The fourth-order valence-corrected chi connectivity index (χ4v) is 5.02. The highest BCUT2D eigenvalue weighted by Gasteiger charge is 2.44. The van der Waals surface area contributed by atoms with Gasteiger partial charge >= 0.3 is 5.97 Å². The van der Waals surface area contributed by atoms with Gasteiger partial charge in [0.1, 0.15) is 36.4 Å². The van der Waals surface area contributed by atoms with Gasteiger partial charge in [0.25, 0.3) is 10.2 Å². The Bertz CT molecular complexity index is 1510. The minimum absolute atomic E-state index is 0.109. The Labute approximate surface area is 227 Å². The van der Waals surface area contributed by atoms with Gasteiger partial charge in [-0.25, -0.2) is 24.5 Å². The average molecular weight is 578 g/mol. The number of Topliss-reactive ketones (excluding diaryl/α,β-unsaturated/α-hetero) is 1. The lowest BCUT2D eigenvalue weighted by molar-refractivity contribution is -0.110. The Kier molecular flexibility index (Phi) is 8.82. The predicted octanol–water partition coefficient (Wildman–Crippen LogP) is -1.67. The molecule has 0 bridgehead atoms. The topological polar surface area (TPSA) is 238 Å². The molecular weight excluding hydrogens is 550 g/mol. The number of aliphatic hydroxyl groups is 2. The Balaban J connectivity index is 1.32. The number of rotatable bonds is 12. The van der Waals surface area contributed by atoms with E-state index in [0.717, 1.165) is 0 Å². The molecule has 0 amide bonds. The Morgan fingerprint density at radius 2 is 1.95 bits per heavy atom. The molecule has 1 saturated heterocycles. The first kappa shape index (κ1) is 29.1. The van der Waals surface area contributed by atoms with Crippen LogP contribution in [0.5, 0.6) is 0 Å². The van der Waals surface area contributed by atoms with Crippen molar-refractivity contribution in [3.8, 4) is 0 Å². The number of fused-ring (bicyclic) bond motifs is 1. The Morgan fingerprint density at radius 1 is 1.20 bits per heavy atom. The molecule has 1 fully saturated rings. The number of ketones is 1. The maximum atomic E-state index is 12.6. The van der Waals surface area contributed by atoms with Crippen LogP contribution in [0.15, 0.2) is 36.9 Å². The highest BCUT2D eigenvalue weighted by molar-refractivity contribution is 7.87. The Morgan fingerprint density at radius 3 is 2.67 bits per heavy atom. The average Bonchev–Trinajstić information content (AvgIpc) is 3.50. The summed E-state index contributed by atoms with van der Waals surface area (Å²) in [5, 5.41) is 21.0. The smallest absolute Gasteiger partial charge is 0.337 e. The minimum Gasteiger partial charge on any atom is -0.465 e. The Hall–Kier alpha value is -3.87. The zero-order valence-corrected chi connectivity index (χ0v) is 21.9. The third-order valence-corrected chi connectivity index (χ3v) is 7.35. The molecule has 1 aliphatic heterocycles. The van der Waals surface area contributed by atoms with Crippen LogP contribution < -0.4 is 15.2 Å². The number of nitrogen functional groups attached to an aromatic ring is 1. The van der Waals surface area contributed by atoms with Gasteiger partial charge in [0.05, 0.1) is 19.0 Å². The number of aldehydes is 1. The second kappa shape index (κ2) is 12.1. The second-order valence-electron chi connectivity index (χ2n) is 8.93. The molecule has 214 valence electrons. The first-order valence-corrected chi connectivity index (χ1v) is 13.4. The number of methoxy groups -OCH3 is 1. The first-order valence-electron chi connectivity index (χ1n) is 11.9. The van der Waals surface area contributed by atoms with Crippen molar-refractivity contribution in [2.75, 3.05) is 25.9 Å². The summed E-state index contributed by atoms with van der Waals surface area (Å²) in [4.78, 5) is 47.8. The number of benzene rings is 1. The fraction of sp³-hybridized carbons (Fsp3) is 0.391. The highest BCUT2D eigenvalue weighted by atomic mass is 32.2. The number of nitrogens with one attached hydrogen (secondary N) is 2. The van der Waals surface area contributed by atoms with Crippen molar-refractivity contribution in [1.29, 1.82) is 0 Å². The third-order valence-electron chi connectivity index (χ3n) is 6.25. The van der Waals surface area contributed by atoms with E-state index >= 15 is 0 Å². The summed E-state index contributed by atoms with van der Waals surface area (Å²) in [6.45, 7) is -0.832. The van der Waals surface area contributed by atoms with Crippen molar-refractivity contribution in [3.05, 3.63) is 48.0 Å². The van der Waals surface area contributed by atoms with Crippen molar-refractivity contribution >= 4 is 45.2 Å². The van der Waals surface area contributed by atoms with Gasteiger partial charge in [-0.05, 0) is 12.1 Å². The summed E-state index contributed by atoms with van der Waals surface area (Å²) >= 11 is 0. The quantitative estimate of drug-likeness (QED) is 0.0920. The first-order chi connectivity index (χ1) is 19.0. The number of nitrogens with two attached hydrogens (primary N) is 1. The molecule has 16 nitrogen and oxygen atoms in total. The van der Waals surface area contributed by atoms with E-state index in [9.17, 15) is 33.0 Å². The molecule has 0 radical (unpaired) electrons. The van der Waals surface area contributed by atoms with Crippen molar-refractivity contribution < 1.29 is 42.5 Å². The number of nitrogens with zero attached hydrogens (tertiary/aromatic N) is 4. The number of anilines is 1. The van der Waals surface area contributed by atoms with E-state index in [1.165, 1.54) is 48.6 Å². The van der Waals surface area contributed by atoms with E-state index in [1.54, 1.807) is 0 Å². The van der Waals surface area contributed by atoms with E-state index in [-0.39, 0.29) is 34.5 Å². The summed E-state index contributed by atoms with van der Waals surface area (Å²) in [7, 11) is -3.01. The van der Waals surface area contributed by atoms with Gasteiger partial charge in [0.15, 0.2) is 23.5 Å². The van der Waals surface area contributed by atoms with E-state index in [0.29, 0.717) is 6.29 Å². The fourth-order valence-electron chi connectivity index (χ4n) is 4.11. The van der Waals surface area contributed by atoms with Crippen LogP contribution in [0.2, 0.25) is 0 Å². The van der Waals surface area contributed by atoms with Gasteiger partial charge < -0.3 is 30.2 Å². The standard InChI is InChI=1S/C23H27N7O9S/c1-38-23(35)14-4-2-3-13(6-14)15(32)5-12(9-31)7-28-40(36,37)29-8-16-18(33)19(34)22(39-16)30-11-27-17-20(24)25-10-26-21(17)30/h2-4,6,9-12,16,18-19,22,28-29,33-34H,5,7-8H2,1H3,(H2,24,25,26)/t12?,16-,18-,19-,22-/m1/s1. The normalized spacial score (nSPS) is 21.8. The van der Waals surface area contributed by atoms with Crippen LogP contribution in [-0.4, -0.2) is 94.7 Å². The highest BCUT2D eigenvalue weighted by Crippen LogP contribution is 2.31. The van der Waals surface area contributed by atoms with Crippen LogP contribution in [0.4, 0.5) is 5.82 Å². The van der Waals surface area contributed by atoms with Gasteiger partial charge in [0.2, 0.25) is 0 Å². The summed E-state index contributed by atoms with van der Waals surface area (Å²) in [6, 6.07) is 5.74. The lowest BCUT2D eigenvalue weighted by Gasteiger charge is -2.17. The molecule has 1 aliphatic rings. The number of hydrogen-bond acceptors (Lipinski definition) is 13. The van der Waals surface area contributed by atoms with Crippen molar-refractivity contribution in [2.24, 2.45) is 5.92 Å². The van der Waals surface area contributed by atoms with Crippen molar-refractivity contribution in [2.45, 2.75) is 31.0 Å². The largest absolute Gasteiger partial charge is 0.465 e. The molecule has 0 saturated carbocycles. The molecule has 0 aliphatic carbocycles. The van der Waals surface area contributed by atoms with Gasteiger partial charge in [0, 0.05) is 31.0 Å². The number of hydrogen-bond donors (Lipinski definition) is 5. The van der Waals surface area contributed by atoms with Gasteiger partial charge in [-0.15, -0.1) is 0 Å². The zero-order chi connectivity index (χ0) is 29.0. The number of ether oxygens (including phenoxy) is 2. The maximum Gasteiger partial charge on any atom is 0.337 e. The van der Waals surface area contributed by atoms with E-state index in [1.807, 2.05) is 0 Å². The van der Waals surface area contributed by atoms with E-state index in [2.05, 4.69) is 29.1 Å². The molecule has 3 heterocycles. The van der Waals surface area contributed by atoms with E-state index in [4.69, 9.17) is 10.5 Å². The van der Waals surface area contributed by atoms with Gasteiger partial charge in [-0.3, -0.25) is 9.36 Å². The summed E-state index contributed by atoms with van der Waals surface area (Å²) in [5.74, 6) is -2.00. The lowest BCUT2D eigenvalue weighted by atomic mass is 9.98. The molecule has 5 atom stereocenters. The lowest BCUT2D eigenvalue weighted by Crippen LogP contribution is -2.45. The molecule has 6 N–H and O–H groups in total. The summed E-state index contributed by atoms with van der Waals surface area (Å²) < 4.78 is 41.1. The number of carbonyl (C=O) groups excluding carboxylic acids is 3. The van der Waals surface area contributed by atoms with Gasteiger partial charge in [-0.2, -0.15) is 13.1 Å². The molecule has 4 rings (SSSR count). The molecular formula is C23H27N7O9S. The van der Waals surface area contributed by atoms with Crippen LogP contribution in [0, 0.1) is 5.92 Å². The molecule has 17 heteroatoms. The number of imidazole rings is 1. The van der Waals surface area contributed by atoms with Crippen LogP contribution >= 0.6 is 0 Å². The maximum absolute atomic E-state index is 12.6. The summed E-state index contributed by atoms with van der Waals surface area (Å²) in [5.41, 5.74) is 6.60. The van der Waals surface area contributed by atoms with Crippen molar-refractivity contribution in [3.63, 3.8) is 0 Å². The predicted molar refractivity (Wildman–Crippen MR) is 137 cm³/mol. The minimum atomic E-state index is -4.21.